The lowest BCUT2D eigenvalue weighted by Gasteiger charge is -2.19. The molecule has 5 heteroatoms. The summed E-state index contributed by atoms with van der Waals surface area (Å²) < 4.78 is 4.96. The Morgan fingerprint density at radius 1 is 1.50 bits per heavy atom. The van der Waals surface area contributed by atoms with Crippen molar-refractivity contribution in [2.24, 2.45) is 0 Å². The SMILES string of the molecule is CC(C)(C)OC(=O)NCC[C@@H](O)CO. The normalized spacial score (nSPS) is 13.5. The van der Waals surface area contributed by atoms with Crippen molar-refractivity contribution in [1.82, 2.24) is 5.32 Å². The molecule has 1 atom stereocenters. The van der Waals surface area contributed by atoms with Crippen molar-refractivity contribution < 1.29 is 19.7 Å². The molecule has 0 aromatic heterocycles. The second-order valence-corrected chi connectivity index (χ2v) is 4.05. The number of hydrogen-bond donors (Lipinski definition) is 3. The first-order valence-electron chi connectivity index (χ1n) is 4.61. The summed E-state index contributed by atoms with van der Waals surface area (Å²) in [6, 6.07) is 0. The monoisotopic (exact) mass is 205 g/mol. The quantitative estimate of drug-likeness (QED) is 0.615. The van der Waals surface area contributed by atoms with Crippen LogP contribution in [0.2, 0.25) is 0 Å². The van der Waals surface area contributed by atoms with Gasteiger partial charge in [0.05, 0.1) is 12.7 Å². The smallest absolute Gasteiger partial charge is 0.407 e. The number of rotatable bonds is 4. The van der Waals surface area contributed by atoms with Crippen LogP contribution >= 0.6 is 0 Å². The summed E-state index contributed by atoms with van der Waals surface area (Å²) in [7, 11) is 0. The first-order chi connectivity index (χ1) is 6.35. The van der Waals surface area contributed by atoms with Gasteiger partial charge in [-0.25, -0.2) is 4.79 Å². The number of alkyl carbamates (subject to hydrolysis) is 1. The van der Waals surface area contributed by atoms with Gasteiger partial charge in [-0.1, -0.05) is 0 Å². The summed E-state index contributed by atoms with van der Waals surface area (Å²) in [4.78, 5) is 11.1. The number of carbonyl (C=O) groups excluding carboxylic acids is 1. The summed E-state index contributed by atoms with van der Waals surface area (Å²) in [5.41, 5.74) is -0.514. The van der Waals surface area contributed by atoms with Crippen molar-refractivity contribution in [3.8, 4) is 0 Å². The zero-order valence-corrected chi connectivity index (χ0v) is 8.91. The van der Waals surface area contributed by atoms with Gasteiger partial charge in [0.1, 0.15) is 5.60 Å². The Bertz CT molecular complexity index is 176. The van der Waals surface area contributed by atoms with Gasteiger partial charge < -0.3 is 20.3 Å². The maximum absolute atomic E-state index is 11.1. The minimum absolute atomic E-state index is 0.288. The molecule has 0 aliphatic carbocycles. The molecule has 0 aromatic rings. The topological polar surface area (TPSA) is 78.8 Å². The fraction of sp³-hybridized carbons (Fsp3) is 0.889. The number of aliphatic hydroxyl groups excluding tert-OH is 2. The van der Waals surface area contributed by atoms with Crippen molar-refractivity contribution in [1.29, 1.82) is 0 Å². The van der Waals surface area contributed by atoms with E-state index in [0.29, 0.717) is 6.42 Å². The predicted octanol–water partition coefficient (Wildman–Crippen LogP) is 0.254. The highest BCUT2D eigenvalue weighted by Gasteiger charge is 2.15. The molecule has 84 valence electrons. The number of amides is 1. The van der Waals surface area contributed by atoms with Gasteiger partial charge in [0, 0.05) is 6.54 Å². The van der Waals surface area contributed by atoms with Crippen LogP contribution in [0, 0.1) is 0 Å². The molecule has 14 heavy (non-hydrogen) atoms. The molecular formula is C9H19NO4. The van der Waals surface area contributed by atoms with Crippen LogP contribution in [-0.2, 0) is 4.74 Å². The molecule has 0 radical (unpaired) electrons. The summed E-state index contributed by atoms with van der Waals surface area (Å²) >= 11 is 0. The highest BCUT2D eigenvalue weighted by molar-refractivity contribution is 5.67. The van der Waals surface area contributed by atoms with E-state index in [1.807, 2.05) is 0 Å². The van der Waals surface area contributed by atoms with Crippen LogP contribution in [0.5, 0.6) is 0 Å². The molecule has 0 rings (SSSR count). The zero-order valence-electron chi connectivity index (χ0n) is 8.91. The minimum atomic E-state index is -0.787. The van der Waals surface area contributed by atoms with Crippen LogP contribution in [0.4, 0.5) is 4.79 Å². The van der Waals surface area contributed by atoms with Gasteiger partial charge in [0.15, 0.2) is 0 Å². The van der Waals surface area contributed by atoms with Crippen molar-refractivity contribution in [3.63, 3.8) is 0 Å². The Labute approximate surface area is 84.1 Å². The molecule has 0 saturated carbocycles. The molecule has 0 heterocycles. The van der Waals surface area contributed by atoms with Crippen molar-refractivity contribution >= 4 is 6.09 Å². The van der Waals surface area contributed by atoms with Crippen molar-refractivity contribution in [2.45, 2.75) is 38.9 Å². The molecule has 0 aromatic carbocycles. The van der Waals surface area contributed by atoms with E-state index in [2.05, 4.69) is 5.32 Å². The van der Waals surface area contributed by atoms with Crippen LogP contribution < -0.4 is 5.32 Å². The third kappa shape index (κ3) is 7.82. The molecule has 3 N–H and O–H groups in total. The predicted molar refractivity (Wildman–Crippen MR) is 51.9 cm³/mol. The van der Waals surface area contributed by atoms with E-state index in [9.17, 15) is 4.79 Å². The van der Waals surface area contributed by atoms with E-state index in [-0.39, 0.29) is 13.2 Å². The fourth-order valence-corrected chi connectivity index (χ4v) is 0.746. The lowest BCUT2D eigenvalue weighted by molar-refractivity contribution is 0.0501. The van der Waals surface area contributed by atoms with Crippen LogP contribution in [-0.4, -0.2) is 41.2 Å². The third-order valence-corrected chi connectivity index (χ3v) is 1.36. The highest BCUT2D eigenvalue weighted by Crippen LogP contribution is 2.06. The van der Waals surface area contributed by atoms with Crippen LogP contribution in [0.15, 0.2) is 0 Å². The summed E-state index contributed by atoms with van der Waals surface area (Å²) in [6.45, 7) is 5.31. The molecule has 0 aliphatic rings. The Morgan fingerprint density at radius 3 is 2.50 bits per heavy atom. The first-order valence-corrected chi connectivity index (χ1v) is 4.61. The van der Waals surface area contributed by atoms with Gasteiger partial charge in [0.2, 0.25) is 0 Å². The lowest BCUT2D eigenvalue weighted by atomic mass is 10.2. The van der Waals surface area contributed by atoms with E-state index in [4.69, 9.17) is 14.9 Å². The van der Waals surface area contributed by atoms with Crippen molar-refractivity contribution in [2.75, 3.05) is 13.2 Å². The molecule has 0 unspecified atom stereocenters. The van der Waals surface area contributed by atoms with Gasteiger partial charge >= 0.3 is 6.09 Å². The largest absolute Gasteiger partial charge is 0.444 e. The van der Waals surface area contributed by atoms with E-state index in [1.165, 1.54) is 0 Å². The van der Waals surface area contributed by atoms with Gasteiger partial charge in [-0.15, -0.1) is 0 Å². The maximum atomic E-state index is 11.1. The Hall–Kier alpha value is -0.810. The molecule has 0 spiro atoms. The number of hydrogen-bond acceptors (Lipinski definition) is 4. The minimum Gasteiger partial charge on any atom is -0.444 e. The first kappa shape index (κ1) is 13.2. The van der Waals surface area contributed by atoms with E-state index in [0.717, 1.165) is 0 Å². The van der Waals surface area contributed by atoms with Gasteiger partial charge in [-0.2, -0.15) is 0 Å². The Morgan fingerprint density at radius 2 is 2.07 bits per heavy atom. The number of carbonyl (C=O) groups is 1. The van der Waals surface area contributed by atoms with Gasteiger partial charge in [0.25, 0.3) is 0 Å². The molecule has 0 aliphatic heterocycles. The van der Waals surface area contributed by atoms with E-state index >= 15 is 0 Å². The molecule has 5 nitrogen and oxygen atoms in total. The van der Waals surface area contributed by atoms with Crippen LogP contribution in [0.3, 0.4) is 0 Å². The van der Waals surface area contributed by atoms with Crippen LogP contribution in [0.25, 0.3) is 0 Å². The molecule has 1 amide bonds. The van der Waals surface area contributed by atoms with Crippen LogP contribution in [0.1, 0.15) is 27.2 Å². The number of nitrogens with one attached hydrogen (secondary N) is 1. The standard InChI is InChI=1S/C9H19NO4/c1-9(2,3)14-8(13)10-5-4-7(12)6-11/h7,11-12H,4-6H2,1-3H3,(H,10,13)/t7-/m1/s1. The zero-order chi connectivity index (χ0) is 11.2. The second kappa shape index (κ2) is 5.82. The van der Waals surface area contributed by atoms with Gasteiger partial charge in [-0.3, -0.25) is 0 Å². The summed E-state index contributed by atoms with van der Waals surface area (Å²) in [5.74, 6) is 0. The van der Waals surface area contributed by atoms with Gasteiger partial charge in [-0.05, 0) is 27.2 Å². The molecule has 0 fully saturated rings. The second-order valence-electron chi connectivity index (χ2n) is 4.05. The average molecular weight is 205 g/mol. The third-order valence-electron chi connectivity index (χ3n) is 1.36. The molecule has 0 bridgehead atoms. The maximum Gasteiger partial charge on any atom is 0.407 e. The Balaban J connectivity index is 3.55. The fourth-order valence-electron chi connectivity index (χ4n) is 0.746. The molecular weight excluding hydrogens is 186 g/mol. The summed E-state index contributed by atoms with van der Waals surface area (Å²) in [5, 5.41) is 19.9. The summed E-state index contributed by atoms with van der Waals surface area (Å²) in [6.07, 6.45) is -0.983. The Kier molecular flexibility index (Phi) is 5.49. The van der Waals surface area contributed by atoms with E-state index in [1.54, 1.807) is 20.8 Å². The number of ether oxygens (including phenoxy) is 1. The van der Waals surface area contributed by atoms with Crippen molar-refractivity contribution in [3.05, 3.63) is 0 Å². The number of aliphatic hydroxyl groups is 2. The highest BCUT2D eigenvalue weighted by atomic mass is 16.6. The molecule has 0 saturated heterocycles. The van der Waals surface area contributed by atoms with E-state index < -0.39 is 17.8 Å². The average Bonchev–Trinajstić information content (AvgIpc) is 2.00. The lowest BCUT2D eigenvalue weighted by Crippen LogP contribution is -2.34.